The molecule has 11 heavy (non-hydrogen) atoms. The second-order valence-corrected chi connectivity index (χ2v) is 2.75. The molecule has 0 radical (unpaired) electrons. The summed E-state index contributed by atoms with van der Waals surface area (Å²) in [6, 6.07) is 0. The second-order valence-electron chi connectivity index (χ2n) is 2.75. The molecule has 0 aliphatic heterocycles. The van der Waals surface area contributed by atoms with Crippen molar-refractivity contribution in [3.8, 4) is 0 Å². The Kier molecular flexibility index (Phi) is 3.61. The summed E-state index contributed by atoms with van der Waals surface area (Å²) in [6.07, 6.45) is 1.50. The molecule has 0 aliphatic rings. The summed E-state index contributed by atoms with van der Waals surface area (Å²) in [6.45, 7) is 5.60. The summed E-state index contributed by atoms with van der Waals surface area (Å²) in [5, 5.41) is 7.44. The first-order chi connectivity index (χ1) is 5.06. The van der Waals surface area contributed by atoms with Crippen LogP contribution in [0.15, 0.2) is 15.2 Å². The Morgan fingerprint density at radius 3 is 2.27 bits per heavy atom. The third-order valence-electron chi connectivity index (χ3n) is 1.67. The van der Waals surface area contributed by atoms with E-state index in [0.29, 0.717) is 0 Å². The average Bonchev–Trinajstić information content (AvgIpc) is 1.88. The lowest BCUT2D eigenvalue weighted by atomic mass is 10.0. The van der Waals surface area contributed by atoms with Gasteiger partial charge in [0, 0.05) is 13.0 Å². The van der Waals surface area contributed by atoms with Gasteiger partial charge in [0.1, 0.15) is 0 Å². The number of isocyanates is 1. The molecule has 1 unspecified atom stereocenters. The number of hydrogen-bond donors (Lipinski definition) is 0. The van der Waals surface area contributed by atoms with Crippen LogP contribution in [0.5, 0.6) is 0 Å². The maximum Gasteiger partial charge on any atom is 0.237 e. The van der Waals surface area contributed by atoms with E-state index in [1.54, 1.807) is 14.0 Å². The molecular weight excluding hydrogens is 142 g/mol. The topological polar surface area (TPSA) is 54.1 Å². The van der Waals surface area contributed by atoms with Crippen LogP contribution in [0.2, 0.25) is 0 Å². The Bertz CT molecular complexity index is 194. The van der Waals surface area contributed by atoms with Gasteiger partial charge in [0.15, 0.2) is 5.66 Å². The van der Waals surface area contributed by atoms with Gasteiger partial charge in [-0.3, -0.25) is 0 Å². The minimum Gasteiger partial charge on any atom is -0.211 e. The molecule has 0 N–H and O–H groups in total. The lowest BCUT2D eigenvalue weighted by Gasteiger charge is -2.20. The molecule has 1 atom stereocenters. The van der Waals surface area contributed by atoms with Crippen molar-refractivity contribution < 1.29 is 4.79 Å². The maximum absolute atomic E-state index is 10.0. The van der Waals surface area contributed by atoms with Crippen molar-refractivity contribution in [1.82, 2.24) is 0 Å². The summed E-state index contributed by atoms with van der Waals surface area (Å²) >= 11 is 0. The molecule has 0 bridgehead atoms. The first kappa shape index (κ1) is 9.98. The highest BCUT2D eigenvalue weighted by Gasteiger charge is 2.26. The van der Waals surface area contributed by atoms with Gasteiger partial charge in [-0.1, -0.05) is 13.8 Å². The molecule has 0 fully saturated rings. The zero-order chi connectivity index (χ0) is 8.91. The summed E-state index contributed by atoms with van der Waals surface area (Å²) < 4.78 is 0. The minimum atomic E-state index is -0.740. The molecule has 0 amide bonds. The molecule has 0 saturated heterocycles. The van der Waals surface area contributed by atoms with Crippen LogP contribution in [0.4, 0.5) is 0 Å². The van der Waals surface area contributed by atoms with E-state index in [1.165, 1.54) is 6.08 Å². The number of aliphatic imine (C=N–C) groups is 1. The third kappa shape index (κ3) is 2.60. The van der Waals surface area contributed by atoms with Gasteiger partial charge in [-0.15, -0.1) is 0 Å². The number of nitrogens with zero attached hydrogens (tertiary/aromatic N) is 3. The van der Waals surface area contributed by atoms with Crippen LogP contribution in [-0.4, -0.2) is 18.8 Å². The largest absolute Gasteiger partial charge is 0.237 e. The zero-order valence-electron chi connectivity index (χ0n) is 7.33. The van der Waals surface area contributed by atoms with Crippen LogP contribution in [0.1, 0.15) is 20.8 Å². The van der Waals surface area contributed by atoms with Crippen molar-refractivity contribution in [2.75, 3.05) is 7.05 Å². The van der Waals surface area contributed by atoms with E-state index in [9.17, 15) is 4.79 Å². The molecule has 0 rings (SSSR count). The minimum absolute atomic E-state index is 0.146. The van der Waals surface area contributed by atoms with Gasteiger partial charge in [0.25, 0.3) is 0 Å². The fourth-order valence-electron chi connectivity index (χ4n) is 0.562. The van der Waals surface area contributed by atoms with Crippen LogP contribution in [0.25, 0.3) is 0 Å². The average molecular weight is 155 g/mol. The van der Waals surface area contributed by atoms with Gasteiger partial charge in [-0.05, 0) is 6.92 Å². The maximum atomic E-state index is 10.0. The van der Waals surface area contributed by atoms with Crippen LogP contribution in [-0.2, 0) is 4.79 Å². The van der Waals surface area contributed by atoms with Crippen molar-refractivity contribution in [3.05, 3.63) is 0 Å². The van der Waals surface area contributed by atoms with E-state index in [2.05, 4.69) is 15.2 Å². The van der Waals surface area contributed by atoms with E-state index in [0.717, 1.165) is 0 Å². The van der Waals surface area contributed by atoms with Crippen LogP contribution in [0.3, 0.4) is 0 Å². The number of hydrogen-bond acceptors (Lipinski definition) is 4. The SMILES string of the molecule is CN=NC(C)(N=C=O)C(C)C. The number of rotatable bonds is 3. The molecule has 62 valence electrons. The Balaban J connectivity index is 4.65. The second kappa shape index (κ2) is 3.98. The molecular formula is C7H13N3O. The lowest BCUT2D eigenvalue weighted by Crippen LogP contribution is -2.25. The van der Waals surface area contributed by atoms with Crippen molar-refractivity contribution in [2.45, 2.75) is 26.4 Å². The van der Waals surface area contributed by atoms with Gasteiger partial charge >= 0.3 is 0 Å². The van der Waals surface area contributed by atoms with Crippen LogP contribution < -0.4 is 0 Å². The molecule has 0 aliphatic carbocycles. The highest BCUT2D eigenvalue weighted by Crippen LogP contribution is 2.22. The Morgan fingerprint density at radius 2 is 2.00 bits per heavy atom. The van der Waals surface area contributed by atoms with Gasteiger partial charge in [-0.25, -0.2) is 4.79 Å². The summed E-state index contributed by atoms with van der Waals surface area (Å²) in [5.41, 5.74) is -0.740. The van der Waals surface area contributed by atoms with E-state index >= 15 is 0 Å². The molecule has 4 heteroatoms. The Labute approximate surface area is 66.4 Å². The normalized spacial score (nSPS) is 16.5. The monoisotopic (exact) mass is 155 g/mol. The number of carbonyl (C=O) groups excluding carboxylic acids is 1. The van der Waals surface area contributed by atoms with E-state index in [-0.39, 0.29) is 5.92 Å². The van der Waals surface area contributed by atoms with E-state index in [4.69, 9.17) is 0 Å². The first-order valence-electron chi connectivity index (χ1n) is 3.47. The first-order valence-corrected chi connectivity index (χ1v) is 3.47. The van der Waals surface area contributed by atoms with Crippen molar-refractivity contribution in [1.29, 1.82) is 0 Å². The van der Waals surface area contributed by atoms with Gasteiger partial charge in [0.2, 0.25) is 6.08 Å². The lowest BCUT2D eigenvalue weighted by molar-refractivity contribution is 0.340. The number of azo groups is 1. The molecule has 0 aromatic rings. The fourth-order valence-corrected chi connectivity index (χ4v) is 0.562. The van der Waals surface area contributed by atoms with Crippen molar-refractivity contribution in [2.24, 2.45) is 21.1 Å². The Morgan fingerprint density at radius 1 is 1.45 bits per heavy atom. The third-order valence-corrected chi connectivity index (χ3v) is 1.67. The van der Waals surface area contributed by atoms with Gasteiger partial charge in [0.05, 0.1) is 0 Å². The molecule has 0 spiro atoms. The van der Waals surface area contributed by atoms with E-state index < -0.39 is 5.66 Å². The quantitative estimate of drug-likeness (QED) is 0.348. The van der Waals surface area contributed by atoms with Gasteiger partial charge in [-0.2, -0.15) is 15.2 Å². The van der Waals surface area contributed by atoms with Crippen LogP contribution in [0, 0.1) is 5.92 Å². The highest BCUT2D eigenvalue weighted by atomic mass is 16.1. The van der Waals surface area contributed by atoms with Crippen molar-refractivity contribution >= 4 is 6.08 Å². The fraction of sp³-hybridized carbons (Fsp3) is 0.857. The highest BCUT2D eigenvalue weighted by molar-refractivity contribution is 5.34. The molecule has 0 saturated carbocycles. The van der Waals surface area contributed by atoms with Crippen LogP contribution >= 0.6 is 0 Å². The van der Waals surface area contributed by atoms with Gasteiger partial charge < -0.3 is 0 Å². The zero-order valence-corrected chi connectivity index (χ0v) is 7.33. The molecule has 0 aromatic carbocycles. The molecule has 0 aromatic heterocycles. The van der Waals surface area contributed by atoms with Crippen molar-refractivity contribution in [3.63, 3.8) is 0 Å². The predicted molar refractivity (Wildman–Crippen MR) is 42.1 cm³/mol. The predicted octanol–water partition coefficient (Wildman–Crippen LogP) is 1.78. The summed E-state index contributed by atoms with van der Waals surface area (Å²) in [7, 11) is 1.56. The van der Waals surface area contributed by atoms with E-state index in [1.807, 2.05) is 13.8 Å². The molecule has 0 heterocycles. The Hall–Kier alpha value is -1.02. The summed E-state index contributed by atoms with van der Waals surface area (Å²) in [5.74, 6) is 0.146. The standard InChI is InChI=1S/C7H13N3O/c1-6(2)7(3,9-5-11)10-8-4/h6H,1-4H3. The summed E-state index contributed by atoms with van der Waals surface area (Å²) in [4.78, 5) is 13.6. The smallest absolute Gasteiger partial charge is 0.211 e. The molecule has 4 nitrogen and oxygen atoms in total.